The molecule has 0 aliphatic heterocycles. The fourth-order valence-corrected chi connectivity index (χ4v) is 2.01. The number of amides is 1. The van der Waals surface area contributed by atoms with E-state index in [9.17, 15) is 14.9 Å². The van der Waals surface area contributed by atoms with Crippen LogP contribution >= 0.6 is 11.6 Å². The molecule has 0 saturated heterocycles. The first kappa shape index (κ1) is 15.4. The summed E-state index contributed by atoms with van der Waals surface area (Å²) in [5.41, 5.74) is 0.641. The Labute approximate surface area is 117 Å². The zero-order valence-electron chi connectivity index (χ0n) is 11.1. The lowest BCUT2D eigenvalue weighted by atomic mass is 10.1. The lowest BCUT2D eigenvalue weighted by Crippen LogP contribution is -2.33. The Bertz CT molecular complexity index is 477. The number of nitro benzene ring substituents is 1. The van der Waals surface area contributed by atoms with Gasteiger partial charge in [-0.05, 0) is 25.8 Å². The minimum atomic E-state index is -0.518. The summed E-state index contributed by atoms with van der Waals surface area (Å²) in [6.07, 6.45) is 0.667. The van der Waals surface area contributed by atoms with Gasteiger partial charge in [-0.3, -0.25) is 14.9 Å². The molecule has 0 saturated carbocycles. The molecule has 104 valence electrons. The van der Waals surface area contributed by atoms with Crippen LogP contribution in [0.25, 0.3) is 0 Å². The molecule has 0 heterocycles. The van der Waals surface area contributed by atoms with Crippen LogP contribution in [0, 0.1) is 17.0 Å². The first-order valence-corrected chi connectivity index (χ1v) is 6.65. The molecule has 1 aromatic rings. The normalized spacial score (nSPS) is 10.3. The van der Waals surface area contributed by atoms with Gasteiger partial charge in [0.25, 0.3) is 11.6 Å². The van der Waals surface area contributed by atoms with Gasteiger partial charge in [0.2, 0.25) is 0 Å². The molecule has 1 aromatic carbocycles. The molecule has 0 bridgehead atoms. The van der Waals surface area contributed by atoms with E-state index in [1.165, 1.54) is 6.07 Å². The Morgan fingerprint density at radius 3 is 2.68 bits per heavy atom. The van der Waals surface area contributed by atoms with E-state index in [-0.39, 0.29) is 17.2 Å². The molecule has 1 amide bonds. The predicted octanol–water partition coefficient (Wildman–Crippen LogP) is 2.99. The van der Waals surface area contributed by atoms with E-state index in [1.807, 2.05) is 6.92 Å². The molecule has 0 fully saturated rings. The number of carbonyl (C=O) groups is 1. The fourth-order valence-electron chi connectivity index (χ4n) is 1.89. The Hall–Kier alpha value is -1.62. The summed E-state index contributed by atoms with van der Waals surface area (Å²) >= 11 is 5.62. The summed E-state index contributed by atoms with van der Waals surface area (Å²) < 4.78 is 0. The van der Waals surface area contributed by atoms with Crippen LogP contribution in [-0.2, 0) is 0 Å². The average Bonchev–Trinajstić information content (AvgIpc) is 2.38. The maximum Gasteiger partial charge on any atom is 0.282 e. The summed E-state index contributed by atoms with van der Waals surface area (Å²) in [4.78, 5) is 24.5. The van der Waals surface area contributed by atoms with E-state index in [2.05, 4.69) is 0 Å². The van der Waals surface area contributed by atoms with Crippen LogP contribution in [0.1, 0.15) is 29.3 Å². The molecule has 0 spiro atoms. The molecule has 0 aliphatic carbocycles. The molecule has 0 atom stereocenters. The second-order valence-corrected chi connectivity index (χ2v) is 4.53. The summed E-state index contributed by atoms with van der Waals surface area (Å²) in [6.45, 7) is 4.55. The lowest BCUT2D eigenvalue weighted by Gasteiger charge is -2.21. The number of rotatable bonds is 6. The number of nitro groups is 1. The molecular formula is C13H17ClN2O3. The van der Waals surface area contributed by atoms with Crippen LogP contribution in [0.4, 0.5) is 5.69 Å². The van der Waals surface area contributed by atoms with Gasteiger partial charge in [-0.1, -0.05) is 12.1 Å². The first-order chi connectivity index (χ1) is 9.02. The second kappa shape index (κ2) is 7.09. The van der Waals surface area contributed by atoms with E-state index in [1.54, 1.807) is 24.0 Å². The van der Waals surface area contributed by atoms with Crippen molar-refractivity contribution in [2.45, 2.75) is 20.3 Å². The maximum absolute atomic E-state index is 12.4. The van der Waals surface area contributed by atoms with Crippen molar-refractivity contribution in [2.24, 2.45) is 0 Å². The van der Waals surface area contributed by atoms with Crippen molar-refractivity contribution in [2.75, 3.05) is 19.0 Å². The number of carbonyl (C=O) groups excluding carboxylic acids is 1. The zero-order valence-corrected chi connectivity index (χ0v) is 11.8. The molecule has 5 nitrogen and oxygen atoms in total. The minimum Gasteiger partial charge on any atom is -0.339 e. The van der Waals surface area contributed by atoms with Crippen molar-refractivity contribution in [3.05, 3.63) is 39.4 Å². The average molecular weight is 285 g/mol. The quantitative estimate of drug-likeness (QED) is 0.458. The Morgan fingerprint density at radius 2 is 2.16 bits per heavy atom. The van der Waals surface area contributed by atoms with Crippen molar-refractivity contribution < 1.29 is 9.72 Å². The van der Waals surface area contributed by atoms with Gasteiger partial charge in [0.15, 0.2) is 0 Å². The maximum atomic E-state index is 12.4. The topological polar surface area (TPSA) is 63.5 Å². The van der Waals surface area contributed by atoms with Crippen LogP contribution in [0.2, 0.25) is 0 Å². The molecule has 19 heavy (non-hydrogen) atoms. The number of benzene rings is 1. The van der Waals surface area contributed by atoms with Crippen LogP contribution < -0.4 is 0 Å². The molecule has 1 rings (SSSR count). The highest BCUT2D eigenvalue weighted by molar-refractivity contribution is 6.17. The van der Waals surface area contributed by atoms with Gasteiger partial charge in [0.1, 0.15) is 5.56 Å². The molecule has 0 N–H and O–H groups in total. The van der Waals surface area contributed by atoms with Gasteiger partial charge in [0.05, 0.1) is 4.92 Å². The molecule has 0 unspecified atom stereocenters. The lowest BCUT2D eigenvalue weighted by molar-refractivity contribution is -0.385. The third-order valence-electron chi connectivity index (χ3n) is 2.89. The molecule has 6 heteroatoms. The Kier molecular flexibility index (Phi) is 5.76. The Balaban J connectivity index is 3.13. The van der Waals surface area contributed by atoms with Crippen LogP contribution in [-0.4, -0.2) is 34.7 Å². The van der Waals surface area contributed by atoms with E-state index < -0.39 is 4.92 Å². The van der Waals surface area contributed by atoms with Gasteiger partial charge in [-0.15, -0.1) is 11.6 Å². The third-order valence-corrected chi connectivity index (χ3v) is 3.16. The summed E-state index contributed by atoms with van der Waals surface area (Å²) in [5.74, 6) is 0.150. The molecule has 0 aliphatic rings. The SMILES string of the molecule is CCN(CCCCl)C(=O)c1c(C)cccc1[N+](=O)[O-]. The van der Waals surface area contributed by atoms with Gasteiger partial charge in [-0.25, -0.2) is 0 Å². The van der Waals surface area contributed by atoms with Gasteiger partial charge < -0.3 is 4.90 Å². The van der Waals surface area contributed by atoms with E-state index in [0.717, 1.165) is 0 Å². The van der Waals surface area contributed by atoms with E-state index in [0.29, 0.717) is 31.0 Å². The standard InChI is InChI=1S/C13H17ClN2O3/c1-3-15(9-5-8-14)13(17)12-10(2)6-4-7-11(12)16(18)19/h4,6-7H,3,5,8-9H2,1-2H3. The van der Waals surface area contributed by atoms with Gasteiger partial charge in [0, 0.05) is 25.0 Å². The molecule has 0 radical (unpaired) electrons. The van der Waals surface area contributed by atoms with Gasteiger partial charge >= 0.3 is 0 Å². The highest BCUT2D eigenvalue weighted by Crippen LogP contribution is 2.23. The summed E-state index contributed by atoms with van der Waals surface area (Å²) in [5, 5.41) is 11.0. The van der Waals surface area contributed by atoms with Crippen molar-refractivity contribution in [3.63, 3.8) is 0 Å². The number of hydrogen-bond donors (Lipinski definition) is 0. The molecular weight excluding hydrogens is 268 g/mol. The fraction of sp³-hybridized carbons (Fsp3) is 0.462. The highest BCUT2D eigenvalue weighted by atomic mass is 35.5. The van der Waals surface area contributed by atoms with E-state index in [4.69, 9.17) is 11.6 Å². The van der Waals surface area contributed by atoms with Crippen LogP contribution in [0.15, 0.2) is 18.2 Å². The second-order valence-electron chi connectivity index (χ2n) is 4.15. The van der Waals surface area contributed by atoms with E-state index >= 15 is 0 Å². The summed E-state index contributed by atoms with van der Waals surface area (Å²) in [7, 11) is 0. The number of alkyl halides is 1. The van der Waals surface area contributed by atoms with Crippen molar-refractivity contribution >= 4 is 23.2 Å². The number of halogens is 1. The van der Waals surface area contributed by atoms with Crippen molar-refractivity contribution in [1.29, 1.82) is 0 Å². The smallest absolute Gasteiger partial charge is 0.282 e. The number of aryl methyl sites for hydroxylation is 1. The largest absolute Gasteiger partial charge is 0.339 e. The third kappa shape index (κ3) is 3.67. The van der Waals surface area contributed by atoms with Crippen molar-refractivity contribution in [3.8, 4) is 0 Å². The van der Waals surface area contributed by atoms with Crippen LogP contribution in [0.5, 0.6) is 0 Å². The van der Waals surface area contributed by atoms with Crippen molar-refractivity contribution in [1.82, 2.24) is 4.90 Å². The highest BCUT2D eigenvalue weighted by Gasteiger charge is 2.25. The predicted molar refractivity (Wildman–Crippen MR) is 74.7 cm³/mol. The first-order valence-electron chi connectivity index (χ1n) is 6.12. The number of nitrogens with zero attached hydrogens (tertiary/aromatic N) is 2. The zero-order chi connectivity index (χ0) is 14.4. The number of hydrogen-bond acceptors (Lipinski definition) is 3. The van der Waals surface area contributed by atoms with Gasteiger partial charge in [-0.2, -0.15) is 0 Å². The monoisotopic (exact) mass is 284 g/mol. The van der Waals surface area contributed by atoms with Crippen LogP contribution in [0.3, 0.4) is 0 Å². The molecule has 0 aromatic heterocycles. The Morgan fingerprint density at radius 1 is 1.47 bits per heavy atom. The minimum absolute atomic E-state index is 0.144. The summed E-state index contributed by atoms with van der Waals surface area (Å²) in [6, 6.07) is 4.64.